The highest BCUT2D eigenvalue weighted by Crippen LogP contribution is 2.05. The number of amides is 4. The second-order valence-electron chi connectivity index (χ2n) is 7.71. The Hall–Kier alpha value is -3.50. The van der Waals surface area contributed by atoms with Crippen molar-refractivity contribution in [2.75, 3.05) is 19.7 Å². The van der Waals surface area contributed by atoms with E-state index < -0.39 is 66.8 Å². The molecular formula is C19H37N9O7. The third kappa shape index (κ3) is 13.7. The molecule has 35 heavy (non-hydrogen) atoms. The summed E-state index contributed by atoms with van der Waals surface area (Å²) in [5.74, 6) is -5.05. The Kier molecular flexibility index (Phi) is 15.3. The predicted octanol–water partition coefficient (Wildman–Crippen LogP) is -5.10. The van der Waals surface area contributed by atoms with Crippen LogP contribution in [-0.2, 0) is 24.0 Å². The Labute approximate surface area is 202 Å². The Morgan fingerprint density at radius 1 is 0.800 bits per heavy atom. The van der Waals surface area contributed by atoms with Crippen LogP contribution in [0.1, 0.15) is 38.5 Å². The summed E-state index contributed by atoms with van der Waals surface area (Å²) in [6, 6.07) is -5.31. The van der Waals surface area contributed by atoms with Gasteiger partial charge in [0.25, 0.3) is 0 Å². The van der Waals surface area contributed by atoms with Gasteiger partial charge in [0.05, 0.1) is 13.0 Å². The number of aliphatic imine (C=N–C) groups is 1. The molecule has 4 atom stereocenters. The number of aliphatic hydroxyl groups excluding tert-OH is 1. The van der Waals surface area contributed by atoms with Crippen molar-refractivity contribution < 1.29 is 34.2 Å². The van der Waals surface area contributed by atoms with E-state index in [1.54, 1.807) is 0 Å². The van der Waals surface area contributed by atoms with Crippen LogP contribution in [0.4, 0.5) is 0 Å². The fraction of sp³-hybridized carbons (Fsp3) is 0.684. The number of primary amides is 1. The summed E-state index contributed by atoms with van der Waals surface area (Å²) in [7, 11) is 0. The van der Waals surface area contributed by atoms with E-state index in [-0.39, 0.29) is 31.8 Å². The SMILES string of the molecule is NCCCCC(NC(=O)C(N)CO)C(=O)NC(CC(N)=O)C(=O)NC(CCCN=C(N)N)C(=O)O. The van der Waals surface area contributed by atoms with Gasteiger partial charge in [0, 0.05) is 6.54 Å². The van der Waals surface area contributed by atoms with Gasteiger partial charge < -0.3 is 54.8 Å². The van der Waals surface area contributed by atoms with E-state index in [4.69, 9.17) is 33.8 Å². The number of hydrogen-bond acceptors (Lipinski definition) is 9. The second kappa shape index (κ2) is 17.0. The lowest BCUT2D eigenvalue weighted by molar-refractivity contribution is -0.142. The van der Waals surface area contributed by atoms with Crippen molar-refractivity contribution in [2.24, 2.45) is 33.7 Å². The highest BCUT2D eigenvalue weighted by Gasteiger charge is 2.31. The molecule has 0 saturated carbocycles. The third-order valence-electron chi connectivity index (χ3n) is 4.71. The molecule has 0 fully saturated rings. The lowest BCUT2D eigenvalue weighted by Crippen LogP contribution is -2.58. The normalized spacial score (nSPS) is 14.0. The Balaban J connectivity index is 5.43. The van der Waals surface area contributed by atoms with E-state index in [1.165, 1.54) is 0 Å². The van der Waals surface area contributed by atoms with Gasteiger partial charge >= 0.3 is 5.97 Å². The quantitative estimate of drug-likeness (QED) is 0.0479. The van der Waals surface area contributed by atoms with Crippen LogP contribution in [0.5, 0.6) is 0 Å². The van der Waals surface area contributed by atoms with E-state index in [9.17, 15) is 29.1 Å². The molecule has 0 bridgehead atoms. The number of carboxylic acids is 1. The summed E-state index contributed by atoms with van der Waals surface area (Å²) in [4.78, 5) is 64.3. The van der Waals surface area contributed by atoms with Crippen molar-refractivity contribution in [3.05, 3.63) is 0 Å². The topological polar surface area (TPSA) is 304 Å². The number of nitrogens with two attached hydrogens (primary N) is 5. The van der Waals surface area contributed by atoms with Crippen molar-refractivity contribution in [1.29, 1.82) is 0 Å². The van der Waals surface area contributed by atoms with Crippen LogP contribution < -0.4 is 44.6 Å². The summed E-state index contributed by atoms with van der Waals surface area (Å²) in [6.45, 7) is -0.191. The lowest BCUT2D eigenvalue weighted by Gasteiger charge is -2.24. The molecule has 15 N–H and O–H groups in total. The molecule has 16 nitrogen and oxygen atoms in total. The minimum atomic E-state index is -1.51. The molecule has 0 saturated heterocycles. The van der Waals surface area contributed by atoms with Crippen LogP contribution in [0.25, 0.3) is 0 Å². The number of carboxylic acid groups (broad SMARTS) is 1. The number of aliphatic hydroxyl groups is 1. The van der Waals surface area contributed by atoms with E-state index in [0.29, 0.717) is 19.4 Å². The van der Waals surface area contributed by atoms with Gasteiger partial charge in [-0.25, -0.2) is 4.79 Å². The molecule has 0 heterocycles. The van der Waals surface area contributed by atoms with Gasteiger partial charge in [-0.15, -0.1) is 0 Å². The molecule has 4 unspecified atom stereocenters. The second-order valence-corrected chi connectivity index (χ2v) is 7.71. The number of carbonyl (C=O) groups is 5. The molecule has 0 aromatic heterocycles. The van der Waals surface area contributed by atoms with Gasteiger partial charge in [-0.05, 0) is 38.6 Å². The van der Waals surface area contributed by atoms with E-state index in [0.717, 1.165) is 0 Å². The van der Waals surface area contributed by atoms with Gasteiger partial charge in [0.2, 0.25) is 23.6 Å². The Bertz CT molecular complexity index is 759. The number of hydrogen-bond donors (Lipinski definition) is 10. The average Bonchev–Trinajstić information content (AvgIpc) is 2.78. The van der Waals surface area contributed by atoms with Gasteiger partial charge in [-0.1, -0.05) is 0 Å². The van der Waals surface area contributed by atoms with Crippen molar-refractivity contribution in [3.63, 3.8) is 0 Å². The van der Waals surface area contributed by atoms with E-state index >= 15 is 0 Å². The molecule has 0 aliphatic carbocycles. The van der Waals surface area contributed by atoms with Gasteiger partial charge in [-0.2, -0.15) is 0 Å². The van der Waals surface area contributed by atoms with E-state index in [1.807, 2.05) is 0 Å². The molecule has 16 heteroatoms. The summed E-state index contributed by atoms with van der Waals surface area (Å²) in [6.07, 6.45) is 0.663. The molecule has 0 radical (unpaired) electrons. The van der Waals surface area contributed by atoms with E-state index in [2.05, 4.69) is 20.9 Å². The third-order valence-corrected chi connectivity index (χ3v) is 4.71. The minimum absolute atomic E-state index is 0.0358. The Morgan fingerprint density at radius 2 is 1.34 bits per heavy atom. The van der Waals surface area contributed by atoms with Crippen LogP contribution >= 0.6 is 0 Å². The number of rotatable bonds is 18. The Morgan fingerprint density at radius 3 is 1.86 bits per heavy atom. The van der Waals surface area contributed by atoms with Crippen LogP contribution in [-0.4, -0.2) is 89.6 Å². The summed E-state index contributed by atoms with van der Waals surface area (Å²) < 4.78 is 0. The number of carbonyl (C=O) groups excluding carboxylic acids is 4. The largest absolute Gasteiger partial charge is 0.480 e. The maximum Gasteiger partial charge on any atom is 0.326 e. The fourth-order valence-corrected chi connectivity index (χ4v) is 2.84. The summed E-state index contributed by atoms with van der Waals surface area (Å²) in [5.41, 5.74) is 26.5. The zero-order chi connectivity index (χ0) is 27.0. The average molecular weight is 504 g/mol. The fourth-order valence-electron chi connectivity index (χ4n) is 2.84. The van der Waals surface area contributed by atoms with Crippen molar-refractivity contribution in [2.45, 2.75) is 62.7 Å². The molecule has 4 amide bonds. The van der Waals surface area contributed by atoms with Crippen molar-refractivity contribution >= 4 is 35.6 Å². The number of unbranched alkanes of at least 4 members (excludes halogenated alkanes) is 1. The van der Waals surface area contributed by atoms with Crippen LogP contribution in [0.2, 0.25) is 0 Å². The molecule has 0 spiro atoms. The summed E-state index contributed by atoms with van der Waals surface area (Å²) >= 11 is 0. The molecule has 0 aliphatic rings. The minimum Gasteiger partial charge on any atom is -0.480 e. The maximum absolute atomic E-state index is 12.8. The molecule has 200 valence electrons. The standard InChI is InChI=1S/C19H37N9O7/c20-6-2-1-4-11(26-15(31)10(21)9-29)16(32)28-13(8-14(22)30)17(33)27-12(18(34)35)5-3-7-25-19(23)24/h10-13,29H,1-9,20-21H2,(H2,22,30)(H,26,31)(H,27,33)(H,28,32)(H,34,35)(H4,23,24,25). The molecule has 0 aliphatic heterocycles. The number of guanidine groups is 1. The molecular weight excluding hydrogens is 466 g/mol. The maximum atomic E-state index is 12.8. The molecule has 0 aromatic carbocycles. The van der Waals surface area contributed by atoms with Crippen molar-refractivity contribution in [1.82, 2.24) is 16.0 Å². The van der Waals surface area contributed by atoms with Gasteiger partial charge in [0.1, 0.15) is 24.2 Å². The monoisotopic (exact) mass is 503 g/mol. The first-order valence-corrected chi connectivity index (χ1v) is 11.0. The zero-order valence-corrected chi connectivity index (χ0v) is 19.4. The lowest BCUT2D eigenvalue weighted by atomic mass is 10.1. The zero-order valence-electron chi connectivity index (χ0n) is 19.4. The van der Waals surface area contributed by atoms with Crippen molar-refractivity contribution in [3.8, 4) is 0 Å². The first-order chi connectivity index (χ1) is 16.4. The first kappa shape index (κ1) is 31.5. The van der Waals surface area contributed by atoms with Gasteiger partial charge in [-0.3, -0.25) is 24.2 Å². The predicted molar refractivity (Wildman–Crippen MR) is 125 cm³/mol. The highest BCUT2D eigenvalue weighted by molar-refractivity contribution is 5.96. The van der Waals surface area contributed by atoms with Crippen LogP contribution in [0.3, 0.4) is 0 Å². The number of nitrogens with zero attached hydrogens (tertiary/aromatic N) is 1. The number of aliphatic carboxylic acids is 1. The van der Waals surface area contributed by atoms with Gasteiger partial charge in [0.15, 0.2) is 5.96 Å². The number of nitrogens with one attached hydrogen (secondary N) is 3. The highest BCUT2D eigenvalue weighted by atomic mass is 16.4. The smallest absolute Gasteiger partial charge is 0.326 e. The van der Waals surface area contributed by atoms with Crippen LogP contribution in [0.15, 0.2) is 4.99 Å². The summed E-state index contributed by atoms with van der Waals surface area (Å²) in [5, 5.41) is 25.4. The molecule has 0 aromatic rings. The molecule has 0 rings (SSSR count). The van der Waals surface area contributed by atoms with Crippen LogP contribution in [0, 0.1) is 0 Å². The first-order valence-electron chi connectivity index (χ1n) is 11.0.